The molecule has 0 fully saturated rings. The van der Waals surface area contributed by atoms with Crippen LogP contribution >= 0.6 is 0 Å². The average molecular weight is 1210 g/mol. The SMILES string of the molecule is CC(C)(C)OC(=O)CC(C(=O)OC(C)(C)C)N(CCOCCOCCOCCOCCOCCOCCN(C(CC(=O)OC(C)(C)C)C(=O)OC(C)(C)C)S(=O)(=O)NC(=O)OCc1ccccc1)S(=O)(=O)NC(=O)OCc1ccccc1. The van der Waals surface area contributed by atoms with E-state index in [1.165, 1.54) is 0 Å². The molecule has 26 nitrogen and oxygen atoms in total. The van der Waals surface area contributed by atoms with Gasteiger partial charge in [0, 0.05) is 13.1 Å². The molecule has 28 heteroatoms. The van der Waals surface area contributed by atoms with E-state index in [4.69, 9.17) is 56.8 Å². The molecule has 0 aliphatic heterocycles. The standard InChI is InChI=1S/C54H86N4O22S2/c1-51(2,3)77-45(59)37-43(47(61)79-53(7,8)9)57(81(65,66)55-49(63)75-39-41-19-15-13-16-20-41)23-25-69-27-29-71-31-33-73-35-36-74-34-32-72-30-28-70-26-24-58(82(67,68)56-50(64)76-40-42-21-17-14-18-22-42)44(48(62)80-54(10,11)12)38-46(60)78-52(4,5)6/h13-22,43-44H,23-40H2,1-12H3,(H,55,63)(H,56,64). The Bertz CT molecular complexity index is 2310. The third-order valence-corrected chi connectivity index (χ3v) is 12.8. The van der Waals surface area contributed by atoms with E-state index in [-0.39, 0.29) is 92.5 Å². The summed E-state index contributed by atoms with van der Waals surface area (Å²) in [5.41, 5.74) is -2.91. The molecule has 0 heterocycles. The van der Waals surface area contributed by atoms with Crippen LogP contribution in [0.3, 0.4) is 0 Å². The van der Waals surface area contributed by atoms with Crippen LogP contribution in [0.1, 0.15) is 107 Å². The Morgan fingerprint density at radius 1 is 0.402 bits per heavy atom. The molecule has 2 aromatic rings. The summed E-state index contributed by atoms with van der Waals surface area (Å²) in [5, 5.41) is 0. The molecule has 0 spiro atoms. The van der Waals surface area contributed by atoms with E-state index in [0.717, 1.165) is 0 Å². The largest absolute Gasteiger partial charge is 0.460 e. The first kappa shape index (κ1) is 72.5. The molecule has 2 unspecified atom stereocenters. The van der Waals surface area contributed by atoms with Gasteiger partial charge in [-0.3, -0.25) is 19.2 Å². The minimum absolute atomic E-state index is 0.00604. The second kappa shape index (κ2) is 35.5. The zero-order valence-corrected chi connectivity index (χ0v) is 51.0. The van der Waals surface area contributed by atoms with Gasteiger partial charge in [0.1, 0.15) is 47.7 Å². The third kappa shape index (κ3) is 33.5. The summed E-state index contributed by atoms with van der Waals surface area (Å²) < 4.78 is 125. The van der Waals surface area contributed by atoms with Crippen molar-refractivity contribution in [3.05, 3.63) is 71.8 Å². The fourth-order valence-electron chi connectivity index (χ4n) is 6.66. The van der Waals surface area contributed by atoms with Gasteiger partial charge < -0.3 is 56.8 Å². The first-order valence-corrected chi connectivity index (χ1v) is 29.4. The van der Waals surface area contributed by atoms with Crippen molar-refractivity contribution in [3.8, 4) is 0 Å². The minimum Gasteiger partial charge on any atom is -0.460 e. The van der Waals surface area contributed by atoms with Crippen molar-refractivity contribution in [3.63, 3.8) is 0 Å². The van der Waals surface area contributed by atoms with Gasteiger partial charge >= 0.3 is 56.5 Å². The van der Waals surface area contributed by atoms with E-state index >= 15 is 0 Å². The maximum absolute atomic E-state index is 13.7. The number of carbonyl (C=O) groups excluding carboxylic acids is 6. The molecule has 466 valence electrons. The molecule has 0 aliphatic rings. The van der Waals surface area contributed by atoms with Gasteiger partial charge in [0.05, 0.1) is 92.1 Å². The number of nitrogens with one attached hydrogen (secondary N) is 2. The Labute approximate surface area is 483 Å². The molecule has 2 N–H and O–H groups in total. The van der Waals surface area contributed by atoms with Crippen LogP contribution in [0.2, 0.25) is 0 Å². The smallest absolute Gasteiger partial charge is 0.422 e. The van der Waals surface area contributed by atoms with Gasteiger partial charge in [-0.1, -0.05) is 60.7 Å². The highest BCUT2D eigenvalue weighted by Crippen LogP contribution is 2.22. The normalized spacial score (nSPS) is 13.2. The lowest BCUT2D eigenvalue weighted by Gasteiger charge is -2.31. The molecule has 2 amide bonds. The van der Waals surface area contributed by atoms with Gasteiger partial charge in [0.25, 0.3) is 0 Å². The first-order chi connectivity index (χ1) is 38.2. The van der Waals surface area contributed by atoms with Crippen LogP contribution in [0.4, 0.5) is 9.59 Å². The number of carbonyl (C=O) groups is 6. The summed E-state index contributed by atoms with van der Waals surface area (Å²) in [6, 6.07) is 13.5. The van der Waals surface area contributed by atoms with Crippen molar-refractivity contribution in [1.82, 2.24) is 18.1 Å². The van der Waals surface area contributed by atoms with Crippen molar-refractivity contribution < 1.29 is 102 Å². The lowest BCUT2D eigenvalue weighted by atomic mass is 10.1. The van der Waals surface area contributed by atoms with E-state index in [1.807, 2.05) is 0 Å². The fraction of sp³-hybridized carbons (Fsp3) is 0.667. The van der Waals surface area contributed by atoms with E-state index in [2.05, 4.69) is 0 Å². The van der Waals surface area contributed by atoms with Crippen LogP contribution in [0.25, 0.3) is 0 Å². The highest BCUT2D eigenvalue weighted by molar-refractivity contribution is 7.88. The lowest BCUT2D eigenvalue weighted by Crippen LogP contribution is -2.54. The monoisotopic (exact) mass is 1210 g/mol. The van der Waals surface area contributed by atoms with Gasteiger partial charge in [-0.25, -0.2) is 19.0 Å². The highest BCUT2D eigenvalue weighted by Gasteiger charge is 2.43. The van der Waals surface area contributed by atoms with Crippen molar-refractivity contribution in [2.75, 3.05) is 92.4 Å². The van der Waals surface area contributed by atoms with Crippen LogP contribution < -0.4 is 9.44 Å². The van der Waals surface area contributed by atoms with E-state index in [9.17, 15) is 45.6 Å². The summed E-state index contributed by atoms with van der Waals surface area (Å²) in [4.78, 5) is 78.5. The minimum atomic E-state index is -4.87. The summed E-state index contributed by atoms with van der Waals surface area (Å²) in [6.07, 6.45) is -4.14. The van der Waals surface area contributed by atoms with Crippen LogP contribution in [0.15, 0.2) is 60.7 Å². The number of ether oxygens (including phenoxy) is 12. The van der Waals surface area contributed by atoms with Crippen molar-refractivity contribution in [2.45, 2.75) is 144 Å². The Balaban J connectivity index is 1.83. The van der Waals surface area contributed by atoms with Crippen molar-refractivity contribution >= 4 is 56.5 Å². The molecule has 0 bridgehead atoms. The first-order valence-electron chi connectivity index (χ1n) is 26.5. The van der Waals surface area contributed by atoms with E-state index in [1.54, 1.807) is 153 Å². The molecule has 0 aliphatic carbocycles. The number of esters is 4. The van der Waals surface area contributed by atoms with E-state index in [0.29, 0.717) is 19.7 Å². The maximum atomic E-state index is 13.7. The number of benzene rings is 2. The number of nitrogens with zero attached hydrogens (tertiary/aromatic N) is 2. The summed E-state index contributed by atoms with van der Waals surface area (Å²) >= 11 is 0. The molecular weight excluding hydrogens is 1120 g/mol. The third-order valence-electron chi connectivity index (χ3n) is 9.85. The zero-order valence-electron chi connectivity index (χ0n) is 49.3. The second-order valence-corrected chi connectivity index (χ2v) is 25.2. The predicted molar refractivity (Wildman–Crippen MR) is 296 cm³/mol. The summed E-state index contributed by atoms with van der Waals surface area (Å²) in [7, 11) is -9.74. The average Bonchev–Trinajstić information content (AvgIpc) is 3.56. The van der Waals surface area contributed by atoms with Gasteiger partial charge in [-0.2, -0.15) is 25.4 Å². The fourth-order valence-corrected chi connectivity index (χ4v) is 9.05. The molecule has 82 heavy (non-hydrogen) atoms. The number of hydrogen-bond acceptors (Lipinski definition) is 22. The van der Waals surface area contributed by atoms with Gasteiger partial charge in [-0.15, -0.1) is 0 Å². The predicted octanol–water partition coefficient (Wildman–Crippen LogP) is 4.92. The van der Waals surface area contributed by atoms with Crippen molar-refractivity contribution in [2.24, 2.45) is 0 Å². The quantitative estimate of drug-likeness (QED) is 0.0515. The van der Waals surface area contributed by atoms with Crippen LogP contribution in [-0.4, -0.2) is 188 Å². The van der Waals surface area contributed by atoms with Gasteiger partial charge in [0.15, 0.2) is 0 Å². The Morgan fingerprint density at radius 2 is 0.659 bits per heavy atom. The Hall–Kier alpha value is -5.56. The highest BCUT2D eigenvalue weighted by atomic mass is 32.2. The summed E-state index contributed by atoms with van der Waals surface area (Å²) in [6.45, 7) is 18.3. The molecule has 0 saturated heterocycles. The molecule has 0 radical (unpaired) electrons. The molecule has 2 aromatic carbocycles. The number of amides is 2. The molecular formula is C54H86N4O22S2. The second-order valence-electron chi connectivity index (χ2n) is 21.9. The molecule has 2 rings (SSSR count). The molecule has 0 saturated carbocycles. The van der Waals surface area contributed by atoms with Gasteiger partial charge in [-0.05, 0) is 94.2 Å². The Kier molecular flexibility index (Phi) is 31.4. The van der Waals surface area contributed by atoms with Crippen LogP contribution in [-0.2, 0) is 110 Å². The van der Waals surface area contributed by atoms with Crippen LogP contribution in [0, 0.1) is 0 Å². The molecule has 2 atom stereocenters. The van der Waals surface area contributed by atoms with Crippen molar-refractivity contribution in [1.29, 1.82) is 0 Å². The summed E-state index contributed by atoms with van der Waals surface area (Å²) in [5.74, 6) is -3.91. The lowest BCUT2D eigenvalue weighted by molar-refractivity contribution is -0.167. The van der Waals surface area contributed by atoms with E-state index < -0.39 is 117 Å². The topological polar surface area (TPSA) is 312 Å². The Morgan fingerprint density at radius 3 is 0.915 bits per heavy atom. The van der Waals surface area contributed by atoms with Gasteiger partial charge in [0.2, 0.25) is 0 Å². The number of hydrogen-bond donors (Lipinski definition) is 2. The zero-order chi connectivity index (χ0) is 61.6. The van der Waals surface area contributed by atoms with Crippen LogP contribution in [0.5, 0.6) is 0 Å². The number of rotatable bonds is 37. The maximum Gasteiger partial charge on any atom is 0.422 e. The molecule has 0 aromatic heterocycles.